The summed E-state index contributed by atoms with van der Waals surface area (Å²) in [7, 11) is 1.71. The van der Waals surface area contributed by atoms with Crippen LogP contribution in [-0.2, 0) is 12.8 Å². The highest BCUT2D eigenvalue weighted by molar-refractivity contribution is 5.27. The molecule has 0 amide bonds. The number of hydrogen-bond donors (Lipinski definition) is 0. The number of pyridine rings is 1. The zero-order valence-corrected chi connectivity index (χ0v) is 20.6. The third-order valence-electron chi connectivity index (χ3n) is 5.00. The predicted molar refractivity (Wildman–Crippen MR) is 133 cm³/mol. The lowest BCUT2D eigenvalue weighted by Gasteiger charge is -2.11. The van der Waals surface area contributed by atoms with Crippen molar-refractivity contribution in [3.8, 4) is 5.75 Å². The molecule has 0 aliphatic heterocycles. The van der Waals surface area contributed by atoms with Gasteiger partial charge in [-0.2, -0.15) is 0 Å². The molecule has 0 saturated carbocycles. The first kappa shape index (κ1) is 27.9. The zero-order chi connectivity index (χ0) is 22.6. The Morgan fingerprint density at radius 1 is 0.967 bits per heavy atom. The molecule has 2 nitrogen and oxygen atoms in total. The van der Waals surface area contributed by atoms with Crippen LogP contribution in [0.4, 0.5) is 0 Å². The number of rotatable bonds is 9. The van der Waals surface area contributed by atoms with Crippen LogP contribution in [0, 0.1) is 5.92 Å². The highest BCUT2D eigenvalue weighted by Gasteiger charge is 2.03. The van der Waals surface area contributed by atoms with E-state index in [0.29, 0.717) is 0 Å². The minimum Gasteiger partial charge on any atom is -0.497 e. The Bertz CT molecular complexity index is 646. The summed E-state index contributed by atoms with van der Waals surface area (Å²) >= 11 is 0. The van der Waals surface area contributed by atoms with Crippen molar-refractivity contribution in [1.82, 2.24) is 4.98 Å². The minimum absolute atomic E-state index is 0.827. The molecule has 168 valence electrons. The van der Waals surface area contributed by atoms with Gasteiger partial charge in [-0.05, 0) is 87.3 Å². The summed E-state index contributed by atoms with van der Waals surface area (Å²) in [5.41, 5.74) is 4.28. The van der Waals surface area contributed by atoms with E-state index in [9.17, 15) is 0 Å². The van der Waals surface area contributed by atoms with Gasteiger partial charge < -0.3 is 4.74 Å². The smallest absolute Gasteiger partial charge is 0.118 e. The molecular weight excluding hydrogens is 366 g/mol. The average Bonchev–Trinajstić information content (AvgIpc) is 2.79. The first-order valence-electron chi connectivity index (χ1n) is 11.6. The fourth-order valence-electron chi connectivity index (χ4n) is 2.83. The normalized spacial score (nSPS) is 11.5. The van der Waals surface area contributed by atoms with E-state index < -0.39 is 0 Å². The second kappa shape index (κ2) is 18.9. The van der Waals surface area contributed by atoms with Gasteiger partial charge in [0.1, 0.15) is 5.75 Å². The number of aromatic nitrogens is 1. The Kier molecular flexibility index (Phi) is 17.6. The molecule has 0 fully saturated rings. The van der Waals surface area contributed by atoms with Gasteiger partial charge in [0, 0.05) is 12.4 Å². The van der Waals surface area contributed by atoms with Gasteiger partial charge in [-0.25, -0.2) is 0 Å². The second-order valence-corrected chi connectivity index (χ2v) is 7.94. The van der Waals surface area contributed by atoms with E-state index in [-0.39, 0.29) is 0 Å². The predicted octanol–water partition coefficient (Wildman–Crippen LogP) is 8.46. The van der Waals surface area contributed by atoms with Crippen LogP contribution in [0.3, 0.4) is 0 Å². The molecule has 1 aromatic carbocycles. The lowest BCUT2D eigenvalue weighted by molar-refractivity contribution is 0.414. The Hall–Kier alpha value is -2.09. The summed E-state index contributed by atoms with van der Waals surface area (Å²) < 4.78 is 5.17. The maximum atomic E-state index is 5.17. The van der Waals surface area contributed by atoms with Crippen LogP contribution in [0.5, 0.6) is 5.75 Å². The average molecular weight is 412 g/mol. The SMILES string of the molecule is C/C=C(\C)CCC(C)CCCc1ccc(OC)cc1.CCC.CCc1ccncc1. The van der Waals surface area contributed by atoms with Crippen molar-refractivity contribution in [2.75, 3.05) is 7.11 Å². The summed E-state index contributed by atoms with van der Waals surface area (Å²) in [5, 5.41) is 0. The maximum Gasteiger partial charge on any atom is 0.118 e. The first-order chi connectivity index (χ1) is 14.5. The van der Waals surface area contributed by atoms with Crippen molar-refractivity contribution in [1.29, 1.82) is 0 Å². The molecular formula is C28H45NO. The van der Waals surface area contributed by atoms with Gasteiger partial charge in [-0.1, -0.05) is 64.3 Å². The summed E-state index contributed by atoms with van der Waals surface area (Å²) in [4.78, 5) is 3.89. The van der Waals surface area contributed by atoms with E-state index in [4.69, 9.17) is 4.74 Å². The first-order valence-corrected chi connectivity index (χ1v) is 11.6. The Labute approximate surface area is 186 Å². The zero-order valence-electron chi connectivity index (χ0n) is 20.6. The lowest BCUT2D eigenvalue weighted by Crippen LogP contribution is -1.97. The molecule has 1 unspecified atom stereocenters. The molecule has 1 aromatic heterocycles. The Balaban J connectivity index is 0.000000628. The summed E-state index contributed by atoms with van der Waals surface area (Å²) in [5.74, 6) is 1.77. The van der Waals surface area contributed by atoms with Crippen molar-refractivity contribution in [2.24, 2.45) is 5.92 Å². The van der Waals surface area contributed by atoms with Crippen molar-refractivity contribution < 1.29 is 4.74 Å². The number of hydrogen-bond acceptors (Lipinski definition) is 2. The molecule has 30 heavy (non-hydrogen) atoms. The van der Waals surface area contributed by atoms with Crippen LogP contribution in [0.2, 0.25) is 0 Å². The van der Waals surface area contributed by atoms with Crippen molar-refractivity contribution in [3.63, 3.8) is 0 Å². The molecule has 1 heterocycles. The van der Waals surface area contributed by atoms with Gasteiger partial charge in [0.25, 0.3) is 0 Å². The molecule has 1 atom stereocenters. The van der Waals surface area contributed by atoms with Gasteiger partial charge in [-0.3, -0.25) is 4.98 Å². The molecule has 0 aliphatic rings. The molecule has 0 N–H and O–H groups in total. The lowest BCUT2D eigenvalue weighted by atomic mass is 9.95. The molecule has 0 saturated heterocycles. The number of benzene rings is 1. The van der Waals surface area contributed by atoms with Gasteiger partial charge in [0.2, 0.25) is 0 Å². The van der Waals surface area contributed by atoms with Gasteiger partial charge in [-0.15, -0.1) is 0 Å². The fourth-order valence-corrected chi connectivity index (χ4v) is 2.83. The van der Waals surface area contributed by atoms with E-state index >= 15 is 0 Å². The van der Waals surface area contributed by atoms with Crippen LogP contribution in [0.1, 0.15) is 84.8 Å². The Morgan fingerprint density at radius 2 is 1.57 bits per heavy atom. The minimum atomic E-state index is 0.827. The number of ether oxygens (including phenoxy) is 1. The van der Waals surface area contributed by atoms with Crippen LogP contribution >= 0.6 is 0 Å². The Morgan fingerprint density at radius 3 is 2.03 bits per heavy atom. The maximum absolute atomic E-state index is 5.17. The number of allylic oxidation sites excluding steroid dienone is 2. The number of nitrogens with zero attached hydrogens (tertiary/aromatic N) is 1. The van der Waals surface area contributed by atoms with Crippen LogP contribution in [-0.4, -0.2) is 12.1 Å². The van der Waals surface area contributed by atoms with Crippen molar-refractivity contribution in [3.05, 3.63) is 71.6 Å². The molecule has 0 aliphatic carbocycles. The molecule has 2 aromatic rings. The quantitative estimate of drug-likeness (QED) is 0.386. The summed E-state index contributed by atoms with van der Waals surface area (Å²) in [6, 6.07) is 12.5. The van der Waals surface area contributed by atoms with E-state index in [1.54, 1.807) is 7.11 Å². The molecule has 2 heteroatoms. The van der Waals surface area contributed by atoms with Gasteiger partial charge in [0.15, 0.2) is 0 Å². The van der Waals surface area contributed by atoms with Crippen LogP contribution in [0.25, 0.3) is 0 Å². The standard InChI is InChI=1S/C18H28O.C7H9N.C3H8/c1-5-15(2)9-10-16(3)7-6-8-17-11-13-18(19-4)14-12-17;1-2-7-3-5-8-6-4-7;1-3-2/h5,11-14,16H,6-10H2,1-4H3;3-6H,2H2,1H3;3H2,1-2H3/b15-5+;;. The van der Waals surface area contributed by atoms with Crippen molar-refractivity contribution in [2.45, 2.75) is 86.5 Å². The van der Waals surface area contributed by atoms with Gasteiger partial charge in [0.05, 0.1) is 7.11 Å². The van der Waals surface area contributed by atoms with E-state index in [1.807, 2.05) is 36.7 Å². The largest absolute Gasteiger partial charge is 0.497 e. The summed E-state index contributed by atoms with van der Waals surface area (Å²) in [6.07, 6.45) is 14.6. The molecule has 2 rings (SSSR count). The van der Waals surface area contributed by atoms with E-state index in [1.165, 1.54) is 55.2 Å². The van der Waals surface area contributed by atoms with Crippen LogP contribution in [0.15, 0.2) is 60.4 Å². The molecule has 0 bridgehead atoms. The highest BCUT2D eigenvalue weighted by atomic mass is 16.5. The third kappa shape index (κ3) is 14.8. The molecule has 0 spiro atoms. The third-order valence-corrected chi connectivity index (χ3v) is 5.00. The second-order valence-electron chi connectivity index (χ2n) is 7.94. The number of methoxy groups -OCH3 is 1. The fraction of sp³-hybridized carbons (Fsp3) is 0.536. The van der Waals surface area contributed by atoms with E-state index in [0.717, 1.165) is 18.1 Å². The van der Waals surface area contributed by atoms with Crippen LogP contribution < -0.4 is 4.74 Å². The van der Waals surface area contributed by atoms with Gasteiger partial charge >= 0.3 is 0 Å². The number of aryl methyl sites for hydroxylation is 2. The monoisotopic (exact) mass is 411 g/mol. The molecule has 0 radical (unpaired) electrons. The van der Waals surface area contributed by atoms with Crippen molar-refractivity contribution >= 4 is 0 Å². The topological polar surface area (TPSA) is 22.1 Å². The van der Waals surface area contributed by atoms with E-state index in [2.05, 4.69) is 64.7 Å². The highest BCUT2D eigenvalue weighted by Crippen LogP contribution is 2.19. The summed E-state index contributed by atoms with van der Waals surface area (Å²) in [6.45, 7) is 13.1.